The average Bonchev–Trinajstić information content (AvgIpc) is 2.13. The molecule has 0 spiro atoms. The van der Waals surface area contributed by atoms with E-state index in [4.69, 9.17) is 41.5 Å². The Labute approximate surface area is 89.0 Å². The van der Waals surface area contributed by atoms with Gasteiger partial charge in [0, 0.05) is 0 Å². The maximum Gasteiger partial charge on any atom is 0.254 e. The van der Waals surface area contributed by atoms with Crippen LogP contribution in [0.5, 0.6) is 0 Å². The minimum absolute atomic E-state index is 0.412. The first-order valence-electron chi connectivity index (χ1n) is 3.37. The molecule has 0 bridgehead atoms. The fraction of sp³-hybridized carbons (Fsp3) is 0. The molecule has 75 valence electrons. The predicted molar refractivity (Wildman–Crippen MR) is 60.7 cm³/mol. The van der Waals surface area contributed by atoms with Crippen molar-refractivity contribution in [1.29, 1.82) is 25.3 Å². The lowest BCUT2D eigenvalue weighted by molar-refractivity contribution is 1.52. The van der Waals surface area contributed by atoms with E-state index < -0.39 is 47.4 Å². The van der Waals surface area contributed by atoms with E-state index in [9.17, 15) is 0 Å². The molecule has 14 heavy (non-hydrogen) atoms. The molecule has 0 fully saturated rings. The van der Waals surface area contributed by atoms with Gasteiger partial charge in [-0.25, -0.2) is 0 Å². The molecule has 0 rings (SSSR count). The Kier molecular flexibility index (Phi) is 5.04. The fourth-order valence-electron chi connectivity index (χ4n) is 0.596. The Hall–Kier alpha value is -0.139. The van der Waals surface area contributed by atoms with Gasteiger partial charge in [-0.1, -0.05) is 0 Å². The Morgan fingerprint density at radius 3 is 1.71 bits per heavy atom. The third-order valence-corrected chi connectivity index (χ3v) is 42.6. The molecule has 1 atom stereocenters. The van der Waals surface area contributed by atoms with Crippen molar-refractivity contribution in [2.45, 2.75) is 0 Å². The highest BCUT2D eigenvalue weighted by molar-refractivity contribution is 7.81. The van der Waals surface area contributed by atoms with Crippen molar-refractivity contribution in [3.8, 4) is 0 Å². The van der Waals surface area contributed by atoms with Crippen molar-refractivity contribution >= 4 is 47.4 Å². The van der Waals surface area contributed by atoms with Crippen molar-refractivity contribution in [3.05, 3.63) is 0 Å². The van der Waals surface area contributed by atoms with Crippen LogP contribution in [0.4, 0.5) is 0 Å². The lowest BCUT2D eigenvalue weighted by Gasteiger charge is -2.17. The Morgan fingerprint density at radius 2 is 1.50 bits per heavy atom. The molecule has 1 radical (unpaired) electrons. The predicted octanol–water partition coefficient (Wildman–Crippen LogP) is -2.57. The molecule has 0 aromatic carbocycles. The molecule has 0 aliphatic carbocycles. The van der Waals surface area contributed by atoms with E-state index in [1.807, 2.05) is 0 Å². The van der Waals surface area contributed by atoms with E-state index in [2.05, 4.69) is 0 Å². The van der Waals surface area contributed by atoms with Crippen LogP contribution >= 0.6 is 0 Å². The van der Waals surface area contributed by atoms with Crippen LogP contribution in [-0.4, -0.2) is 47.4 Å². The van der Waals surface area contributed by atoms with Gasteiger partial charge in [0.15, 0.2) is 24.1 Å². The van der Waals surface area contributed by atoms with E-state index in [0.717, 1.165) is 0 Å². The summed E-state index contributed by atoms with van der Waals surface area (Å²) < 4.78 is 0. The van der Waals surface area contributed by atoms with E-state index >= 15 is 0 Å². The van der Waals surface area contributed by atoms with Gasteiger partial charge in [0.05, 0.1) is 0 Å². The Morgan fingerprint density at radius 1 is 1.07 bits per heavy atom. The summed E-state index contributed by atoms with van der Waals surface area (Å²) in [5.41, 5.74) is 0. The summed E-state index contributed by atoms with van der Waals surface area (Å²) >= 11 is 0. The van der Waals surface area contributed by atoms with Gasteiger partial charge in [-0.3, -0.25) is 0 Å². The van der Waals surface area contributed by atoms with Crippen molar-refractivity contribution in [2.24, 2.45) is 16.2 Å². The molecule has 0 heterocycles. The highest BCUT2D eigenvalue weighted by atomic mass is 30.0. The summed E-state index contributed by atoms with van der Waals surface area (Å²) in [5, 5.41) is 54.1. The number of rotatable bonds is 5. The van der Waals surface area contributed by atoms with Crippen LogP contribution in [0.25, 0.3) is 0 Å². The average molecular weight is 292 g/mol. The number of nitrogens with two attached hydrogens (primary N) is 3. The number of hydrogen-bond acceptors (Lipinski definition) is 6. The molecule has 0 saturated heterocycles. The molecule has 8 nitrogen and oxygen atoms in total. The summed E-state index contributed by atoms with van der Waals surface area (Å²) in [7, 11) is -8.50. The largest absolute Gasteiger partial charge is 0.421 e. The molecule has 0 aliphatic rings. The molecular formula is H11N8Si6. The maximum absolute atomic E-state index is 7.83. The van der Waals surface area contributed by atoms with Gasteiger partial charge in [-0.15, -0.1) is 0 Å². The second-order valence-electron chi connectivity index (χ2n) is 2.51. The van der Waals surface area contributed by atoms with E-state index in [-0.39, 0.29) is 0 Å². The lowest BCUT2D eigenvalue weighted by Crippen LogP contribution is -2.72. The van der Waals surface area contributed by atoms with Crippen LogP contribution in [0.15, 0.2) is 0 Å². The first-order valence-corrected chi connectivity index (χ1v) is 17.6. The van der Waals surface area contributed by atoms with Crippen molar-refractivity contribution in [3.63, 3.8) is 0 Å². The molecule has 11 N–H and O–H groups in total. The molecule has 0 aromatic heterocycles. The molecule has 0 amide bonds. The zero-order chi connectivity index (χ0) is 11.5. The third-order valence-electron chi connectivity index (χ3n) is 1.54. The highest BCUT2D eigenvalue weighted by Gasteiger charge is 2.42. The zero-order valence-electron chi connectivity index (χ0n) is 7.23. The Bertz CT molecular complexity index is 329. The van der Waals surface area contributed by atoms with Crippen LogP contribution in [0.1, 0.15) is 0 Å². The zero-order valence-corrected chi connectivity index (χ0v) is 13.2. The van der Waals surface area contributed by atoms with Crippen LogP contribution in [0.3, 0.4) is 0 Å². The molecule has 1 unspecified atom stereocenters. The van der Waals surface area contributed by atoms with E-state index in [0.29, 0.717) is 0 Å². The summed E-state index contributed by atoms with van der Waals surface area (Å²) in [5.74, 6) is 0. The quantitative estimate of drug-likeness (QED) is 0.258. The van der Waals surface area contributed by atoms with Gasteiger partial charge >= 0.3 is 0 Å². The number of hydrogen-bond donors (Lipinski definition) is 8. The second-order valence-corrected chi connectivity index (χ2v) is 32.1. The molecule has 0 aliphatic heterocycles. The van der Waals surface area contributed by atoms with Gasteiger partial charge < -0.3 is 41.5 Å². The van der Waals surface area contributed by atoms with Gasteiger partial charge in [-0.05, 0) is 0 Å². The smallest absolute Gasteiger partial charge is 0.254 e. The van der Waals surface area contributed by atoms with Crippen molar-refractivity contribution in [1.82, 2.24) is 0 Å². The van der Waals surface area contributed by atoms with Crippen molar-refractivity contribution < 1.29 is 0 Å². The first-order chi connectivity index (χ1) is 6.27. The van der Waals surface area contributed by atoms with E-state index in [1.165, 1.54) is 0 Å². The minimum atomic E-state index is -2.84. The first kappa shape index (κ1) is 13.9. The number of nitrogens with one attached hydrogen (secondary N) is 5. The fourth-order valence-corrected chi connectivity index (χ4v) is 43.9. The summed E-state index contributed by atoms with van der Waals surface area (Å²) in [4.78, 5) is 0. The second kappa shape index (κ2) is 5.09. The summed E-state index contributed by atoms with van der Waals surface area (Å²) in [6.45, 7) is -2.84. The molecule has 14 heteroatoms. The van der Waals surface area contributed by atoms with Crippen LogP contribution < -0.4 is 16.2 Å². The molecule has 0 aromatic rings. The van der Waals surface area contributed by atoms with Gasteiger partial charge in [0.2, 0.25) is 15.1 Å². The monoisotopic (exact) mass is 291 g/mol. The lowest BCUT2D eigenvalue weighted by atomic mass is 13.9. The summed E-state index contributed by atoms with van der Waals surface area (Å²) in [6.07, 6.45) is 0. The van der Waals surface area contributed by atoms with Crippen LogP contribution in [-0.2, 0) is 0 Å². The molecular weight excluding hydrogens is 281 g/mol. The minimum Gasteiger partial charge on any atom is -0.421 e. The van der Waals surface area contributed by atoms with Gasteiger partial charge in [-0.2, -0.15) is 0 Å². The Balaban J connectivity index is 5.18. The third kappa shape index (κ3) is 2.68. The van der Waals surface area contributed by atoms with Crippen molar-refractivity contribution in [2.75, 3.05) is 0 Å². The SMILES string of the molecule is N=[Si][Si](N)([Si](=N)N)[Si](=N)[Si](=N)[Si](=N)N. The van der Waals surface area contributed by atoms with E-state index in [1.54, 1.807) is 0 Å². The maximum atomic E-state index is 7.83. The van der Waals surface area contributed by atoms with Gasteiger partial charge in [0.1, 0.15) is 0 Å². The standard InChI is InChI=1S/H11N8Si6/c1-9-14(8,11(4)5)13(7)12(6)10(2)3/h1-2,4,6-7H,3,5,8H2. The van der Waals surface area contributed by atoms with Crippen LogP contribution in [0.2, 0.25) is 0 Å². The summed E-state index contributed by atoms with van der Waals surface area (Å²) in [6, 6.07) is 0. The normalized spacial score (nSPS) is 13.8. The topological polar surface area (TPSA) is 197 Å². The van der Waals surface area contributed by atoms with Crippen LogP contribution in [0, 0.1) is 25.3 Å². The highest BCUT2D eigenvalue weighted by Crippen LogP contribution is 1.89. The van der Waals surface area contributed by atoms with Gasteiger partial charge in [0.25, 0.3) is 8.27 Å². The molecule has 0 saturated carbocycles.